The van der Waals surface area contributed by atoms with E-state index in [1.807, 2.05) is 0 Å². The van der Waals surface area contributed by atoms with E-state index in [-0.39, 0.29) is 0 Å². The lowest BCUT2D eigenvalue weighted by atomic mass is 9.84. The van der Waals surface area contributed by atoms with Crippen molar-refractivity contribution in [3.8, 4) is 0 Å². The summed E-state index contributed by atoms with van der Waals surface area (Å²) in [5, 5.41) is 7.80. The van der Waals surface area contributed by atoms with Crippen molar-refractivity contribution in [2.75, 3.05) is 6.54 Å². The first kappa shape index (κ1) is 13.1. The van der Waals surface area contributed by atoms with E-state index in [2.05, 4.69) is 22.4 Å². The Kier molecular flexibility index (Phi) is 4.16. The van der Waals surface area contributed by atoms with Gasteiger partial charge in [-0.25, -0.2) is 0 Å². The molecule has 0 atom stereocenters. The monoisotopic (exact) mass is 263 g/mol. The number of aromatic nitrogens is 2. The quantitative estimate of drug-likeness (QED) is 0.885. The second-order valence-electron chi connectivity index (χ2n) is 6.12. The molecule has 0 bridgehead atoms. The average Bonchev–Trinajstić information content (AvgIpc) is 2.84. The molecule has 2 aliphatic carbocycles. The molecule has 1 N–H and O–H groups in total. The molecule has 3 rings (SSSR count). The maximum atomic E-state index is 5.50. The molecule has 1 aromatic rings. The molecule has 0 saturated heterocycles. The first-order chi connectivity index (χ1) is 9.36. The van der Waals surface area contributed by atoms with Gasteiger partial charge in [-0.3, -0.25) is 0 Å². The van der Waals surface area contributed by atoms with Crippen molar-refractivity contribution >= 4 is 0 Å². The molecule has 0 aromatic carbocycles. The Morgan fingerprint density at radius 3 is 2.53 bits per heavy atom. The summed E-state index contributed by atoms with van der Waals surface area (Å²) in [4.78, 5) is 4.64. The highest BCUT2D eigenvalue weighted by atomic mass is 16.5. The van der Waals surface area contributed by atoms with Crippen LogP contribution in [-0.2, 0) is 0 Å². The maximum Gasteiger partial charge on any atom is 0.229 e. The van der Waals surface area contributed by atoms with Gasteiger partial charge in [0.2, 0.25) is 5.89 Å². The van der Waals surface area contributed by atoms with Crippen LogP contribution < -0.4 is 5.32 Å². The second-order valence-corrected chi connectivity index (χ2v) is 6.12. The van der Waals surface area contributed by atoms with Gasteiger partial charge in [-0.15, -0.1) is 0 Å². The summed E-state index contributed by atoms with van der Waals surface area (Å²) in [5.74, 6) is 2.95. The lowest BCUT2D eigenvalue weighted by Gasteiger charge is -2.27. The van der Waals surface area contributed by atoms with Crippen LogP contribution >= 0.6 is 0 Å². The van der Waals surface area contributed by atoms with Crippen LogP contribution in [0.3, 0.4) is 0 Å². The van der Waals surface area contributed by atoms with Crippen LogP contribution in [0.5, 0.6) is 0 Å². The third-order valence-electron chi connectivity index (χ3n) is 4.69. The maximum absolute atomic E-state index is 5.50. The predicted molar refractivity (Wildman–Crippen MR) is 74.2 cm³/mol. The fourth-order valence-electron chi connectivity index (χ4n) is 3.14. The highest BCUT2D eigenvalue weighted by Gasteiger charge is 2.29. The zero-order valence-electron chi connectivity index (χ0n) is 11.9. The van der Waals surface area contributed by atoms with Gasteiger partial charge >= 0.3 is 0 Å². The number of rotatable bonds is 5. The van der Waals surface area contributed by atoms with Crippen molar-refractivity contribution in [1.82, 2.24) is 15.5 Å². The molecule has 2 saturated carbocycles. The van der Waals surface area contributed by atoms with Crippen LogP contribution in [0.25, 0.3) is 0 Å². The standard InChI is InChI=1S/C15H25N3O/c1-2-10-16-13-8-6-12(7-9-13)15-17-14(18-19-15)11-4-3-5-11/h11-13,16H,2-10H2,1H3. The molecule has 19 heavy (non-hydrogen) atoms. The lowest BCUT2D eigenvalue weighted by Crippen LogP contribution is -2.33. The first-order valence-corrected chi connectivity index (χ1v) is 7.93. The smallest absolute Gasteiger partial charge is 0.229 e. The fraction of sp³-hybridized carbons (Fsp3) is 0.867. The van der Waals surface area contributed by atoms with Crippen molar-refractivity contribution in [1.29, 1.82) is 0 Å². The molecule has 1 aromatic heterocycles. The highest BCUT2D eigenvalue weighted by molar-refractivity contribution is 5.03. The van der Waals surface area contributed by atoms with Crippen molar-refractivity contribution in [2.24, 2.45) is 0 Å². The van der Waals surface area contributed by atoms with E-state index in [0.29, 0.717) is 17.9 Å². The summed E-state index contributed by atoms with van der Waals surface area (Å²) in [7, 11) is 0. The molecule has 2 aliphatic rings. The molecule has 0 amide bonds. The van der Waals surface area contributed by atoms with E-state index in [1.165, 1.54) is 51.4 Å². The third kappa shape index (κ3) is 2.99. The predicted octanol–water partition coefficient (Wildman–Crippen LogP) is 3.36. The van der Waals surface area contributed by atoms with Crippen LogP contribution in [0.1, 0.15) is 81.8 Å². The van der Waals surface area contributed by atoms with Gasteiger partial charge in [-0.1, -0.05) is 18.5 Å². The summed E-state index contributed by atoms with van der Waals surface area (Å²) in [6, 6.07) is 0.699. The molecule has 0 unspecified atom stereocenters. The summed E-state index contributed by atoms with van der Waals surface area (Å²) in [6.07, 6.45) is 9.88. The van der Waals surface area contributed by atoms with Crippen LogP contribution in [0.2, 0.25) is 0 Å². The van der Waals surface area contributed by atoms with E-state index < -0.39 is 0 Å². The summed E-state index contributed by atoms with van der Waals surface area (Å²) in [5.41, 5.74) is 0. The number of hydrogen-bond acceptors (Lipinski definition) is 4. The molecule has 4 nitrogen and oxygen atoms in total. The largest absolute Gasteiger partial charge is 0.339 e. The van der Waals surface area contributed by atoms with Gasteiger partial charge in [-0.2, -0.15) is 4.98 Å². The Balaban J connectivity index is 1.51. The van der Waals surface area contributed by atoms with Gasteiger partial charge in [0.25, 0.3) is 0 Å². The minimum absolute atomic E-state index is 0.501. The second kappa shape index (κ2) is 6.04. The van der Waals surface area contributed by atoms with E-state index in [4.69, 9.17) is 4.52 Å². The molecule has 0 spiro atoms. The lowest BCUT2D eigenvalue weighted by molar-refractivity contribution is 0.280. The van der Waals surface area contributed by atoms with E-state index in [9.17, 15) is 0 Å². The van der Waals surface area contributed by atoms with Crippen molar-refractivity contribution in [3.05, 3.63) is 11.7 Å². The van der Waals surface area contributed by atoms with Gasteiger partial charge < -0.3 is 9.84 Å². The Morgan fingerprint density at radius 2 is 1.89 bits per heavy atom. The number of nitrogens with zero attached hydrogens (tertiary/aromatic N) is 2. The number of hydrogen-bond donors (Lipinski definition) is 1. The molecular weight excluding hydrogens is 238 g/mol. The van der Waals surface area contributed by atoms with Gasteiger partial charge in [0.05, 0.1) is 0 Å². The molecule has 106 valence electrons. The van der Waals surface area contributed by atoms with E-state index in [1.54, 1.807) is 0 Å². The van der Waals surface area contributed by atoms with Crippen LogP contribution in [-0.4, -0.2) is 22.7 Å². The van der Waals surface area contributed by atoms with Crippen LogP contribution in [0, 0.1) is 0 Å². The Labute approximate surface area is 115 Å². The average molecular weight is 263 g/mol. The van der Waals surface area contributed by atoms with Crippen molar-refractivity contribution in [2.45, 2.75) is 76.2 Å². The minimum Gasteiger partial charge on any atom is -0.339 e. The van der Waals surface area contributed by atoms with E-state index >= 15 is 0 Å². The molecule has 4 heteroatoms. The number of nitrogens with one attached hydrogen (secondary N) is 1. The Hall–Kier alpha value is -0.900. The topological polar surface area (TPSA) is 51.0 Å². The Morgan fingerprint density at radius 1 is 1.11 bits per heavy atom. The minimum atomic E-state index is 0.501. The molecule has 0 radical (unpaired) electrons. The summed E-state index contributed by atoms with van der Waals surface area (Å²) in [6.45, 7) is 3.36. The van der Waals surface area contributed by atoms with Gasteiger partial charge in [-0.05, 0) is 51.5 Å². The van der Waals surface area contributed by atoms with Crippen LogP contribution in [0.15, 0.2) is 4.52 Å². The molecule has 0 aliphatic heterocycles. The summed E-state index contributed by atoms with van der Waals surface area (Å²) < 4.78 is 5.50. The van der Waals surface area contributed by atoms with Gasteiger partial charge in [0.1, 0.15) is 0 Å². The zero-order valence-corrected chi connectivity index (χ0v) is 11.9. The zero-order chi connectivity index (χ0) is 13.1. The third-order valence-corrected chi connectivity index (χ3v) is 4.69. The fourth-order valence-corrected chi connectivity index (χ4v) is 3.14. The summed E-state index contributed by atoms with van der Waals surface area (Å²) >= 11 is 0. The molecule has 2 fully saturated rings. The van der Waals surface area contributed by atoms with Gasteiger partial charge in [0.15, 0.2) is 5.82 Å². The van der Waals surface area contributed by atoms with Crippen molar-refractivity contribution in [3.63, 3.8) is 0 Å². The van der Waals surface area contributed by atoms with E-state index in [0.717, 1.165) is 18.3 Å². The molecular formula is C15H25N3O. The normalized spacial score (nSPS) is 28.3. The first-order valence-electron chi connectivity index (χ1n) is 7.93. The Bertz CT molecular complexity index is 392. The highest BCUT2D eigenvalue weighted by Crippen LogP contribution is 2.37. The molecule has 1 heterocycles. The van der Waals surface area contributed by atoms with Gasteiger partial charge in [0, 0.05) is 17.9 Å². The van der Waals surface area contributed by atoms with Crippen LogP contribution in [0.4, 0.5) is 0 Å². The SMILES string of the molecule is CCCNC1CCC(c2nc(C3CCC3)no2)CC1. The van der Waals surface area contributed by atoms with Crippen molar-refractivity contribution < 1.29 is 4.52 Å².